The van der Waals surface area contributed by atoms with Crippen molar-refractivity contribution in [3.8, 4) is 0 Å². The Balaban J connectivity index is 1.65. The molecule has 27 heavy (non-hydrogen) atoms. The van der Waals surface area contributed by atoms with Crippen LogP contribution in [0.5, 0.6) is 0 Å². The Hall–Kier alpha value is -2.32. The molecule has 6 nitrogen and oxygen atoms in total. The van der Waals surface area contributed by atoms with E-state index < -0.39 is 11.2 Å². The van der Waals surface area contributed by atoms with Crippen LogP contribution in [0.1, 0.15) is 33.6 Å². The summed E-state index contributed by atoms with van der Waals surface area (Å²) in [5.74, 6) is -1.05. The first-order valence-electron chi connectivity index (χ1n) is 8.61. The molecule has 1 fully saturated rings. The van der Waals surface area contributed by atoms with E-state index in [-0.39, 0.29) is 18.2 Å². The van der Waals surface area contributed by atoms with E-state index in [4.69, 9.17) is 10.5 Å². The summed E-state index contributed by atoms with van der Waals surface area (Å²) in [6.07, 6.45) is 2.72. The zero-order valence-electron chi connectivity index (χ0n) is 14.7. The molecule has 2 aliphatic rings. The number of carbonyl (C=O) groups is 3. The Kier molecular flexibility index (Phi) is 4.69. The van der Waals surface area contributed by atoms with Crippen molar-refractivity contribution >= 4 is 51.6 Å². The molecule has 4 rings (SSSR count). The van der Waals surface area contributed by atoms with E-state index in [9.17, 15) is 14.4 Å². The Morgan fingerprint density at radius 1 is 1.26 bits per heavy atom. The number of hydrogen-bond acceptors (Lipinski definition) is 7. The first kappa shape index (κ1) is 18.1. The van der Waals surface area contributed by atoms with Gasteiger partial charge in [0.25, 0.3) is 0 Å². The van der Waals surface area contributed by atoms with Crippen LogP contribution in [-0.4, -0.2) is 30.1 Å². The minimum Gasteiger partial charge on any atom is -0.465 e. The summed E-state index contributed by atoms with van der Waals surface area (Å²) in [6, 6.07) is 7.20. The minimum absolute atomic E-state index is 0.108. The molecular formula is C19H18N2O4S2. The van der Waals surface area contributed by atoms with Gasteiger partial charge >= 0.3 is 5.97 Å². The molecule has 1 atom stereocenters. The summed E-state index contributed by atoms with van der Waals surface area (Å²) in [6.45, 7) is 0. The van der Waals surface area contributed by atoms with E-state index in [0.717, 1.165) is 34.6 Å². The molecule has 1 aromatic carbocycles. The molecule has 1 saturated heterocycles. The molecule has 0 radical (unpaired) electrons. The lowest BCUT2D eigenvalue weighted by molar-refractivity contribution is -0.121. The number of benzene rings is 1. The molecule has 1 aromatic heterocycles. The van der Waals surface area contributed by atoms with Crippen molar-refractivity contribution in [3.05, 3.63) is 40.3 Å². The summed E-state index contributed by atoms with van der Waals surface area (Å²) in [7, 11) is 1.32. The van der Waals surface area contributed by atoms with Crippen LogP contribution in [-0.2, 0) is 27.2 Å². The third kappa shape index (κ3) is 3.12. The van der Waals surface area contributed by atoms with Crippen molar-refractivity contribution in [1.29, 1.82) is 0 Å². The monoisotopic (exact) mass is 402 g/mol. The predicted molar refractivity (Wildman–Crippen MR) is 105 cm³/mol. The second kappa shape index (κ2) is 7.01. The Morgan fingerprint density at radius 2 is 2.00 bits per heavy atom. The van der Waals surface area contributed by atoms with Gasteiger partial charge in [-0.05, 0) is 49.1 Å². The standard InChI is InChI=1S/C19H18N2O4S2/c1-25-19(24)16-12-3-2-4-13(12)27-18(16)21-15(22)9-14(17(21)23)26-11-7-5-10(20)6-8-11/h5-8,14H,2-4,9,20H2,1H3/t14-/m1/s1. The van der Waals surface area contributed by atoms with Gasteiger partial charge in [0.15, 0.2) is 0 Å². The number of carbonyl (C=O) groups excluding carboxylic acids is 3. The topological polar surface area (TPSA) is 89.7 Å². The highest BCUT2D eigenvalue weighted by molar-refractivity contribution is 8.00. The van der Waals surface area contributed by atoms with Crippen molar-refractivity contribution in [3.63, 3.8) is 0 Å². The highest BCUT2D eigenvalue weighted by Gasteiger charge is 2.44. The summed E-state index contributed by atoms with van der Waals surface area (Å²) >= 11 is 2.71. The van der Waals surface area contributed by atoms with Gasteiger partial charge in [-0.3, -0.25) is 9.59 Å². The number of methoxy groups -OCH3 is 1. The molecule has 0 bridgehead atoms. The molecule has 2 heterocycles. The Labute approximate surface area is 164 Å². The minimum atomic E-state index is -0.511. The second-order valence-corrected chi connectivity index (χ2v) is 8.84. The SMILES string of the molecule is COC(=O)c1c(N2C(=O)C[C@@H](Sc3ccc(N)cc3)C2=O)sc2c1CCC2. The van der Waals surface area contributed by atoms with Crippen LogP contribution in [0.4, 0.5) is 10.7 Å². The summed E-state index contributed by atoms with van der Waals surface area (Å²) in [4.78, 5) is 41.1. The van der Waals surface area contributed by atoms with Crippen LogP contribution >= 0.6 is 23.1 Å². The van der Waals surface area contributed by atoms with Gasteiger partial charge in [0.05, 0.1) is 17.9 Å². The van der Waals surface area contributed by atoms with Gasteiger partial charge < -0.3 is 10.5 Å². The average molecular weight is 402 g/mol. The molecule has 2 amide bonds. The largest absolute Gasteiger partial charge is 0.465 e. The number of nitrogens with two attached hydrogens (primary N) is 1. The maximum absolute atomic E-state index is 13.0. The molecule has 8 heteroatoms. The quantitative estimate of drug-likeness (QED) is 0.480. The van der Waals surface area contributed by atoms with Crippen molar-refractivity contribution in [2.24, 2.45) is 0 Å². The maximum Gasteiger partial charge on any atom is 0.341 e. The van der Waals surface area contributed by atoms with Crippen molar-refractivity contribution < 1.29 is 19.1 Å². The van der Waals surface area contributed by atoms with E-state index in [1.165, 1.54) is 35.1 Å². The van der Waals surface area contributed by atoms with Crippen LogP contribution in [0.15, 0.2) is 29.2 Å². The van der Waals surface area contributed by atoms with Crippen LogP contribution in [0, 0.1) is 0 Å². The number of imide groups is 1. The van der Waals surface area contributed by atoms with Crippen LogP contribution in [0.3, 0.4) is 0 Å². The maximum atomic E-state index is 13.0. The summed E-state index contributed by atoms with van der Waals surface area (Å²) < 4.78 is 4.93. The molecule has 1 aliphatic carbocycles. The van der Waals surface area contributed by atoms with E-state index in [1.807, 2.05) is 12.1 Å². The number of aryl methyl sites for hydroxylation is 1. The number of amides is 2. The number of esters is 1. The normalized spacial score (nSPS) is 18.9. The van der Waals surface area contributed by atoms with Gasteiger partial charge in [-0.2, -0.15) is 0 Å². The number of anilines is 2. The number of nitrogens with zero attached hydrogens (tertiary/aromatic N) is 1. The third-order valence-corrected chi connectivity index (χ3v) is 7.23. The number of thiophene rings is 1. The molecule has 1 aliphatic heterocycles. The van der Waals surface area contributed by atoms with Gasteiger partial charge in [0.2, 0.25) is 11.8 Å². The second-order valence-electron chi connectivity index (χ2n) is 6.48. The van der Waals surface area contributed by atoms with Gasteiger partial charge in [0.1, 0.15) is 5.00 Å². The van der Waals surface area contributed by atoms with Crippen molar-refractivity contribution in [2.75, 3.05) is 17.7 Å². The smallest absolute Gasteiger partial charge is 0.341 e. The van der Waals surface area contributed by atoms with Crippen molar-refractivity contribution in [2.45, 2.75) is 35.8 Å². The lowest BCUT2D eigenvalue weighted by atomic mass is 10.1. The van der Waals surface area contributed by atoms with Crippen molar-refractivity contribution in [1.82, 2.24) is 0 Å². The number of hydrogen-bond donors (Lipinski definition) is 1. The Morgan fingerprint density at radius 3 is 2.70 bits per heavy atom. The van der Waals surface area contributed by atoms with E-state index in [0.29, 0.717) is 16.3 Å². The van der Waals surface area contributed by atoms with E-state index >= 15 is 0 Å². The molecule has 0 saturated carbocycles. The highest BCUT2D eigenvalue weighted by Crippen LogP contribution is 2.44. The summed E-state index contributed by atoms with van der Waals surface area (Å²) in [5, 5.41) is -0.0921. The number of ether oxygens (including phenoxy) is 1. The molecule has 0 spiro atoms. The fraction of sp³-hybridized carbons (Fsp3) is 0.316. The van der Waals surface area contributed by atoms with E-state index in [2.05, 4.69) is 0 Å². The molecular weight excluding hydrogens is 384 g/mol. The predicted octanol–water partition coefficient (Wildman–Crippen LogP) is 3.03. The number of thioether (sulfide) groups is 1. The van der Waals surface area contributed by atoms with Crippen LogP contribution in [0.25, 0.3) is 0 Å². The molecule has 2 aromatic rings. The molecule has 0 unspecified atom stereocenters. The third-order valence-electron chi connectivity index (χ3n) is 4.76. The van der Waals surface area contributed by atoms with Gasteiger partial charge in [-0.15, -0.1) is 23.1 Å². The van der Waals surface area contributed by atoms with Gasteiger partial charge in [-0.25, -0.2) is 9.69 Å². The molecule has 140 valence electrons. The number of fused-ring (bicyclic) bond motifs is 1. The highest BCUT2D eigenvalue weighted by atomic mass is 32.2. The number of nitrogen functional groups attached to an aromatic ring is 1. The fourth-order valence-electron chi connectivity index (χ4n) is 3.48. The van der Waals surface area contributed by atoms with Crippen LogP contribution in [0.2, 0.25) is 0 Å². The lowest BCUT2D eigenvalue weighted by Gasteiger charge is -2.15. The zero-order chi connectivity index (χ0) is 19.1. The van der Waals surface area contributed by atoms with Crippen LogP contribution < -0.4 is 10.6 Å². The number of rotatable bonds is 4. The first-order valence-corrected chi connectivity index (χ1v) is 10.3. The molecule has 2 N–H and O–H groups in total. The van der Waals surface area contributed by atoms with E-state index in [1.54, 1.807) is 12.1 Å². The Bertz CT molecular complexity index is 936. The summed E-state index contributed by atoms with van der Waals surface area (Å²) in [5.41, 5.74) is 7.65. The zero-order valence-corrected chi connectivity index (χ0v) is 16.3. The van der Waals surface area contributed by atoms with Gasteiger partial charge in [-0.1, -0.05) is 0 Å². The first-order chi connectivity index (χ1) is 13.0. The lowest BCUT2D eigenvalue weighted by Crippen LogP contribution is -2.31. The van der Waals surface area contributed by atoms with Gasteiger partial charge in [0, 0.05) is 21.9 Å². The fourth-order valence-corrected chi connectivity index (χ4v) is 5.93. The average Bonchev–Trinajstić information content (AvgIpc) is 3.30.